The summed E-state index contributed by atoms with van der Waals surface area (Å²) < 4.78 is 5.89. The van der Waals surface area contributed by atoms with Crippen LogP contribution in [0.5, 0.6) is 0 Å². The van der Waals surface area contributed by atoms with E-state index in [-0.39, 0.29) is 5.60 Å². The smallest absolute Gasteiger partial charge is 0.162 e. The summed E-state index contributed by atoms with van der Waals surface area (Å²) in [5.41, 5.74) is 8.41. The van der Waals surface area contributed by atoms with Gasteiger partial charge in [-0.3, -0.25) is 0 Å². The van der Waals surface area contributed by atoms with E-state index in [2.05, 4.69) is 18.8 Å². The molecule has 0 amide bonds. The molecule has 0 radical (unpaired) electrons. The zero-order chi connectivity index (χ0) is 14.4. The van der Waals surface area contributed by atoms with Gasteiger partial charge in [-0.1, -0.05) is 13.8 Å². The monoisotopic (exact) mass is 293 g/mol. The Morgan fingerprint density at radius 1 is 1.10 bits per heavy atom. The van der Waals surface area contributed by atoms with Crippen LogP contribution in [-0.4, -0.2) is 17.1 Å². The molecule has 1 fully saturated rings. The fourth-order valence-electron chi connectivity index (χ4n) is 3.13. The standard InChI is InChI=1S/C15H23N3OS/c1-14(2)4-6-15(19-3,7-5-14)13-17-11-9-20-8-10(11)12(16)18-13/h4-9H2,1-3H3,(H2,16,17,18). The van der Waals surface area contributed by atoms with Crippen molar-refractivity contribution >= 4 is 17.6 Å². The Hall–Kier alpha value is -0.810. The molecule has 0 aromatic carbocycles. The maximum absolute atomic E-state index is 6.13. The Morgan fingerprint density at radius 2 is 1.80 bits per heavy atom. The highest BCUT2D eigenvalue weighted by Gasteiger charge is 2.42. The molecule has 4 nitrogen and oxygen atoms in total. The molecule has 0 atom stereocenters. The predicted molar refractivity (Wildman–Crippen MR) is 82.4 cm³/mol. The molecule has 1 aromatic heterocycles. The van der Waals surface area contributed by atoms with Gasteiger partial charge in [0.1, 0.15) is 11.4 Å². The SMILES string of the molecule is COC1(c2nc(N)c3c(n2)CSC3)CCC(C)(C)CC1. The summed E-state index contributed by atoms with van der Waals surface area (Å²) in [4.78, 5) is 9.38. The quantitative estimate of drug-likeness (QED) is 0.907. The predicted octanol–water partition coefficient (Wildman–Crippen LogP) is 3.25. The molecule has 0 unspecified atom stereocenters. The number of nitrogens with zero attached hydrogens (tertiary/aromatic N) is 2. The highest BCUT2D eigenvalue weighted by atomic mass is 32.2. The van der Waals surface area contributed by atoms with Crippen LogP contribution in [0.15, 0.2) is 0 Å². The maximum Gasteiger partial charge on any atom is 0.162 e. The van der Waals surface area contributed by atoms with E-state index in [0.717, 1.165) is 54.3 Å². The molecule has 0 spiro atoms. The first-order chi connectivity index (χ1) is 9.46. The normalized spacial score (nSPS) is 23.6. The molecule has 0 bridgehead atoms. The molecule has 3 rings (SSSR count). The van der Waals surface area contributed by atoms with E-state index in [1.54, 1.807) is 7.11 Å². The first kappa shape index (κ1) is 14.1. The Bertz CT molecular complexity index is 520. The van der Waals surface area contributed by atoms with Crippen LogP contribution in [-0.2, 0) is 21.8 Å². The van der Waals surface area contributed by atoms with Gasteiger partial charge in [-0.25, -0.2) is 9.97 Å². The van der Waals surface area contributed by atoms with Gasteiger partial charge in [-0.15, -0.1) is 0 Å². The minimum Gasteiger partial charge on any atom is -0.383 e. The van der Waals surface area contributed by atoms with Crippen LogP contribution in [0, 0.1) is 5.41 Å². The van der Waals surface area contributed by atoms with E-state index in [0.29, 0.717) is 11.2 Å². The van der Waals surface area contributed by atoms with Gasteiger partial charge in [-0.05, 0) is 31.1 Å². The Balaban J connectivity index is 1.96. The topological polar surface area (TPSA) is 61.0 Å². The van der Waals surface area contributed by atoms with Gasteiger partial charge in [0.05, 0.1) is 5.69 Å². The molecule has 0 saturated heterocycles. The fraction of sp³-hybridized carbons (Fsp3) is 0.733. The van der Waals surface area contributed by atoms with Crippen molar-refractivity contribution in [1.82, 2.24) is 9.97 Å². The molecule has 110 valence electrons. The molecule has 5 heteroatoms. The Labute approximate surface area is 124 Å². The van der Waals surface area contributed by atoms with Crippen LogP contribution in [0.25, 0.3) is 0 Å². The largest absolute Gasteiger partial charge is 0.383 e. The lowest BCUT2D eigenvalue weighted by Gasteiger charge is -2.41. The summed E-state index contributed by atoms with van der Waals surface area (Å²) in [5.74, 6) is 3.33. The van der Waals surface area contributed by atoms with E-state index < -0.39 is 0 Å². The van der Waals surface area contributed by atoms with Crippen molar-refractivity contribution in [1.29, 1.82) is 0 Å². The minimum atomic E-state index is -0.341. The summed E-state index contributed by atoms with van der Waals surface area (Å²) in [5, 5.41) is 0. The zero-order valence-electron chi connectivity index (χ0n) is 12.5. The number of hydrogen-bond acceptors (Lipinski definition) is 5. The number of aromatic nitrogens is 2. The van der Waals surface area contributed by atoms with Gasteiger partial charge in [0.15, 0.2) is 5.82 Å². The fourth-order valence-corrected chi connectivity index (χ4v) is 4.18. The minimum absolute atomic E-state index is 0.341. The first-order valence-corrected chi connectivity index (χ1v) is 8.40. The highest BCUT2D eigenvalue weighted by molar-refractivity contribution is 7.98. The van der Waals surface area contributed by atoms with Gasteiger partial charge >= 0.3 is 0 Å². The number of anilines is 1. The van der Waals surface area contributed by atoms with Crippen molar-refractivity contribution in [3.63, 3.8) is 0 Å². The van der Waals surface area contributed by atoms with Gasteiger partial charge in [0.2, 0.25) is 0 Å². The third-order valence-electron chi connectivity index (χ3n) is 4.82. The lowest BCUT2D eigenvalue weighted by atomic mass is 9.70. The summed E-state index contributed by atoms with van der Waals surface area (Å²) >= 11 is 1.86. The number of hydrogen-bond donors (Lipinski definition) is 1. The van der Waals surface area contributed by atoms with Gasteiger partial charge in [0, 0.05) is 24.2 Å². The highest BCUT2D eigenvalue weighted by Crippen LogP contribution is 2.46. The number of methoxy groups -OCH3 is 1. The average molecular weight is 293 g/mol. The molecular formula is C15H23N3OS. The molecular weight excluding hydrogens is 270 g/mol. The second-order valence-electron chi connectivity index (χ2n) is 6.71. The van der Waals surface area contributed by atoms with E-state index in [9.17, 15) is 0 Å². The number of nitrogen functional groups attached to an aromatic ring is 1. The number of nitrogens with two attached hydrogens (primary N) is 1. The molecule has 1 aliphatic heterocycles. The van der Waals surface area contributed by atoms with Crippen molar-refractivity contribution in [3.05, 3.63) is 17.1 Å². The third-order valence-corrected chi connectivity index (χ3v) is 5.79. The Morgan fingerprint density at radius 3 is 2.45 bits per heavy atom. The van der Waals surface area contributed by atoms with Crippen LogP contribution in [0.4, 0.5) is 5.82 Å². The van der Waals surface area contributed by atoms with Gasteiger partial charge < -0.3 is 10.5 Å². The molecule has 1 aliphatic carbocycles. The number of fused-ring (bicyclic) bond motifs is 1. The second-order valence-corrected chi connectivity index (χ2v) is 7.70. The maximum atomic E-state index is 6.13. The van der Waals surface area contributed by atoms with Crippen molar-refractivity contribution in [2.75, 3.05) is 12.8 Å². The van der Waals surface area contributed by atoms with E-state index in [1.165, 1.54) is 0 Å². The van der Waals surface area contributed by atoms with Crippen molar-refractivity contribution in [2.45, 2.75) is 56.6 Å². The molecule has 2 heterocycles. The molecule has 1 saturated carbocycles. The summed E-state index contributed by atoms with van der Waals surface area (Å²) in [7, 11) is 1.78. The lowest BCUT2D eigenvalue weighted by Crippen LogP contribution is -2.38. The van der Waals surface area contributed by atoms with Crippen LogP contribution in [0.1, 0.15) is 56.6 Å². The van der Waals surface area contributed by atoms with E-state index >= 15 is 0 Å². The first-order valence-electron chi connectivity index (χ1n) is 7.24. The van der Waals surface area contributed by atoms with Crippen molar-refractivity contribution in [3.8, 4) is 0 Å². The van der Waals surface area contributed by atoms with Crippen LogP contribution in [0.2, 0.25) is 0 Å². The average Bonchev–Trinajstić information content (AvgIpc) is 2.88. The Kier molecular flexibility index (Phi) is 3.45. The second kappa shape index (κ2) is 4.88. The summed E-state index contributed by atoms with van der Waals surface area (Å²) in [6.07, 6.45) is 4.22. The van der Waals surface area contributed by atoms with Crippen LogP contribution in [0.3, 0.4) is 0 Å². The van der Waals surface area contributed by atoms with Crippen LogP contribution < -0.4 is 5.73 Å². The zero-order valence-corrected chi connectivity index (χ0v) is 13.3. The van der Waals surface area contributed by atoms with E-state index in [4.69, 9.17) is 15.5 Å². The van der Waals surface area contributed by atoms with Crippen molar-refractivity contribution < 1.29 is 4.74 Å². The van der Waals surface area contributed by atoms with Crippen molar-refractivity contribution in [2.24, 2.45) is 5.41 Å². The third kappa shape index (κ3) is 2.31. The van der Waals surface area contributed by atoms with Gasteiger partial charge in [-0.2, -0.15) is 11.8 Å². The van der Waals surface area contributed by atoms with Crippen LogP contribution >= 0.6 is 11.8 Å². The molecule has 2 N–H and O–H groups in total. The summed E-state index contributed by atoms with van der Waals surface area (Å²) in [6, 6.07) is 0. The summed E-state index contributed by atoms with van der Waals surface area (Å²) in [6.45, 7) is 4.64. The molecule has 2 aliphatic rings. The number of thioether (sulfide) groups is 1. The molecule has 1 aromatic rings. The lowest BCUT2D eigenvalue weighted by molar-refractivity contribution is -0.0729. The number of rotatable bonds is 2. The van der Waals surface area contributed by atoms with E-state index in [1.807, 2.05) is 11.8 Å². The van der Waals surface area contributed by atoms with Gasteiger partial charge in [0.25, 0.3) is 0 Å². The molecule has 20 heavy (non-hydrogen) atoms. The number of ether oxygens (including phenoxy) is 1.